The Morgan fingerprint density at radius 3 is 2.83 bits per heavy atom. The molecule has 1 fully saturated rings. The lowest BCUT2D eigenvalue weighted by Crippen LogP contribution is -2.11. The molecule has 2 rings (SSSR count). The molecule has 1 aromatic heterocycles. The second-order valence-corrected chi connectivity index (χ2v) is 5.27. The molecule has 1 atom stereocenters. The molecule has 0 aliphatic carbocycles. The fourth-order valence-corrected chi connectivity index (χ4v) is 3.18. The highest BCUT2D eigenvalue weighted by atomic mass is 32.2. The molecule has 1 aliphatic heterocycles. The largest absolute Gasteiger partial charge is 0.269 e. The number of rotatable bonds is 1. The highest BCUT2D eigenvalue weighted by molar-refractivity contribution is 7.91. The van der Waals surface area contributed by atoms with E-state index in [0.717, 1.165) is 0 Å². The number of nitrogens with zero attached hydrogens (tertiary/aromatic N) is 2. The summed E-state index contributed by atoms with van der Waals surface area (Å²) in [6.07, 6.45) is 4.18. The van der Waals surface area contributed by atoms with Crippen molar-refractivity contribution in [3.8, 4) is 0 Å². The zero-order valence-corrected chi connectivity index (χ0v) is 7.37. The van der Waals surface area contributed by atoms with Gasteiger partial charge in [0.15, 0.2) is 9.84 Å². The third-order valence-electron chi connectivity index (χ3n) is 2.11. The molecular formula is C7H10N2O2S. The van der Waals surface area contributed by atoms with Crippen LogP contribution in [0.1, 0.15) is 12.5 Å². The van der Waals surface area contributed by atoms with Gasteiger partial charge in [-0.25, -0.2) is 8.42 Å². The molecule has 0 spiro atoms. The summed E-state index contributed by atoms with van der Waals surface area (Å²) in [7, 11) is -2.78. The summed E-state index contributed by atoms with van der Waals surface area (Å²) in [5.41, 5.74) is 0. The maximum absolute atomic E-state index is 11.1. The van der Waals surface area contributed by atoms with Crippen molar-refractivity contribution in [3.63, 3.8) is 0 Å². The molecular weight excluding hydrogens is 176 g/mol. The number of sulfone groups is 1. The summed E-state index contributed by atoms with van der Waals surface area (Å²) in [4.78, 5) is 0. The van der Waals surface area contributed by atoms with E-state index in [2.05, 4.69) is 5.10 Å². The molecule has 1 aliphatic rings. The van der Waals surface area contributed by atoms with Gasteiger partial charge in [0.05, 0.1) is 17.5 Å². The van der Waals surface area contributed by atoms with Crippen LogP contribution >= 0.6 is 0 Å². The lowest BCUT2D eigenvalue weighted by Gasteiger charge is -2.06. The molecule has 5 heteroatoms. The third kappa shape index (κ3) is 1.36. The van der Waals surface area contributed by atoms with Gasteiger partial charge in [0.2, 0.25) is 0 Å². The average molecular weight is 186 g/mol. The zero-order chi connectivity index (χ0) is 8.60. The first-order valence-corrected chi connectivity index (χ1v) is 5.69. The van der Waals surface area contributed by atoms with E-state index in [-0.39, 0.29) is 11.8 Å². The summed E-state index contributed by atoms with van der Waals surface area (Å²) >= 11 is 0. The molecule has 0 bridgehead atoms. The molecule has 0 N–H and O–H groups in total. The first-order valence-electron chi connectivity index (χ1n) is 3.87. The van der Waals surface area contributed by atoms with Crippen LogP contribution in [0.3, 0.4) is 0 Å². The van der Waals surface area contributed by atoms with Crippen LogP contribution in [-0.2, 0) is 9.84 Å². The van der Waals surface area contributed by atoms with E-state index in [1.165, 1.54) is 0 Å². The molecule has 66 valence electrons. The Bertz CT molecular complexity index is 355. The van der Waals surface area contributed by atoms with E-state index >= 15 is 0 Å². The number of aromatic nitrogens is 2. The van der Waals surface area contributed by atoms with Crippen LogP contribution in [0.2, 0.25) is 0 Å². The summed E-state index contributed by atoms with van der Waals surface area (Å²) in [6, 6.07) is 1.87. The summed E-state index contributed by atoms with van der Waals surface area (Å²) in [5, 5.41) is 4.02. The normalized spacial score (nSPS) is 27.5. The molecule has 0 saturated carbocycles. The molecule has 0 amide bonds. The Kier molecular flexibility index (Phi) is 1.68. The Balaban J connectivity index is 2.21. The van der Waals surface area contributed by atoms with Crippen molar-refractivity contribution in [2.75, 3.05) is 11.5 Å². The van der Waals surface area contributed by atoms with Crippen LogP contribution in [-0.4, -0.2) is 29.7 Å². The highest BCUT2D eigenvalue weighted by Crippen LogP contribution is 2.21. The quantitative estimate of drug-likeness (QED) is 0.631. The highest BCUT2D eigenvalue weighted by Gasteiger charge is 2.28. The van der Waals surface area contributed by atoms with Crippen molar-refractivity contribution in [2.45, 2.75) is 12.5 Å². The van der Waals surface area contributed by atoms with Crippen LogP contribution < -0.4 is 0 Å². The first-order chi connectivity index (χ1) is 5.67. The van der Waals surface area contributed by atoms with Crippen LogP contribution in [0.4, 0.5) is 0 Å². The van der Waals surface area contributed by atoms with Crippen molar-refractivity contribution in [2.24, 2.45) is 0 Å². The van der Waals surface area contributed by atoms with Gasteiger partial charge in [-0.2, -0.15) is 5.10 Å². The van der Waals surface area contributed by atoms with Crippen LogP contribution in [0, 0.1) is 0 Å². The van der Waals surface area contributed by atoms with Crippen LogP contribution in [0.5, 0.6) is 0 Å². The fourth-order valence-electron chi connectivity index (χ4n) is 1.48. The first kappa shape index (κ1) is 7.79. The Morgan fingerprint density at radius 1 is 1.50 bits per heavy atom. The van der Waals surface area contributed by atoms with Gasteiger partial charge in [0.25, 0.3) is 0 Å². The Morgan fingerprint density at radius 2 is 2.33 bits per heavy atom. The van der Waals surface area contributed by atoms with Gasteiger partial charge in [-0.3, -0.25) is 4.68 Å². The summed E-state index contributed by atoms with van der Waals surface area (Å²) < 4.78 is 23.9. The van der Waals surface area contributed by atoms with Crippen LogP contribution in [0.15, 0.2) is 18.5 Å². The molecule has 1 saturated heterocycles. The second kappa shape index (κ2) is 2.58. The van der Waals surface area contributed by atoms with Crippen LogP contribution in [0.25, 0.3) is 0 Å². The van der Waals surface area contributed by atoms with Gasteiger partial charge in [0.1, 0.15) is 0 Å². The van der Waals surface area contributed by atoms with Gasteiger partial charge in [0, 0.05) is 12.4 Å². The standard InChI is InChI=1S/C7H10N2O2S/c10-12(11)5-2-7(6-12)9-4-1-3-8-9/h1,3-4,7H,2,5-6H2/t7-/m0/s1. The summed E-state index contributed by atoms with van der Waals surface area (Å²) in [6.45, 7) is 0. The fraction of sp³-hybridized carbons (Fsp3) is 0.571. The molecule has 2 heterocycles. The summed E-state index contributed by atoms with van der Waals surface area (Å²) in [5.74, 6) is 0.548. The molecule has 0 unspecified atom stereocenters. The van der Waals surface area contributed by atoms with E-state index < -0.39 is 9.84 Å². The van der Waals surface area contributed by atoms with Gasteiger partial charge in [-0.05, 0) is 12.5 Å². The van der Waals surface area contributed by atoms with Crippen molar-refractivity contribution in [3.05, 3.63) is 18.5 Å². The Labute approximate surface area is 71.1 Å². The Hall–Kier alpha value is -0.840. The maximum Gasteiger partial charge on any atom is 0.152 e. The van der Waals surface area contributed by atoms with E-state index in [1.807, 2.05) is 12.3 Å². The molecule has 12 heavy (non-hydrogen) atoms. The lowest BCUT2D eigenvalue weighted by molar-refractivity contribution is 0.499. The minimum Gasteiger partial charge on any atom is -0.269 e. The zero-order valence-electron chi connectivity index (χ0n) is 6.55. The third-order valence-corrected chi connectivity index (χ3v) is 3.86. The average Bonchev–Trinajstić information content (AvgIpc) is 2.55. The van der Waals surface area contributed by atoms with Gasteiger partial charge in [-0.15, -0.1) is 0 Å². The van der Waals surface area contributed by atoms with E-state index in [0.29, 0.717) is 12.2 Å². The predicted octanol–water partition coefficient (Wildman–Crippen LogP) is 0.243. The van der Waals surface area contributed by atoms with Gasteiger partial charge in [-0.1, -0.05) is 0 Å². The van der Waals surface area contributed by atoms with Gasteiger partial charge >= 0.3 is 0 Å². The molecule has 1 aromatic rings. The number of hydrogen-bond acceptors (Lipinski definition) is 3. The minimum absolute atomic E-state index is 0.0602. The van der Waals surface area contributed by atoms with Crippen molar-refractivity contribution >= 4 is 9.84 Å². The predicted molar refractivity (Wildman–Crippen MR) is 44.5 cm³/mol. The minimum atomic E-state index is -2.78. The molecule has 0 radical (unpaired) electrons. The maximum atomic E-state index is 11.1. The topological polar surface area (TPSA) is 52.0 Å². The van der Waals surface area contributed by atoms with Crippen molar-refractivity contribution < 1.29 is 8.42 Å². The van der Waals surface area contributed by atoms with E-state index in [4.69, 9.17) is 0 Å². The number of hydrogen-bond donors (Lipinski definition) is 0. The monoisotopic (exact) mass is 186 g/mol. The SMILES string of the molecule is O=S1(=O)CC[C@H](n2cccn2)C1. The van der Waals surface area contributed by atoms with E-state index in [1.54, 1.807) is 10.9 Å². The second-order valence-electron chi connectivity index (χ2n) is 3.04. The molecule has 4 nitrogen and oxygen atoms in total. The molecule has 0 aromatic carbocycles. The van der Waals surface area contributed by atoms with Gasteiger partial charge < -0.3 is 0 Å². The lowest BCUT2D eigenvalue weighted by atomic mass is 10.3. The van der Waals surface area contributed by atoms with Crippen molar-refractivity contribution in [1.29, 1.82) is 0 Å². The smallest absolute Gasteiger partial charge is 0.152 e. The van der Waals surface area contributed by atoms with Crippen molar-refractivity contribution in [1.82, 2.24) is 9.78 Å². The van der Waals surface area contributed by atoms with E-state index in [9.17, 15) is 8.42 Å².